The molecule has 1 aromatic heterocycles. The molecule has 20 heavy (non-hydrogen) atoms. The Morgan fingerprint density at radius 1 is 1.45 bits per heavy atom. The molecule has 0 fully saturated rings. The number of benzene rings is 1. The van der Waals surface area contributed by atoms with Gasteiger partial charge in [0.05, 0.1) is 0 Å². The first kappa shape index (κ1) is 14.8. The number of nitrogens with two attached hydrogens (primary N) is 1. The highest BCUT2D eigenvalue weighted by atomic mass is 35.5. The molecule has 2 aromatic rings. The lowest BCUT2D eigenvalue weighted by Crippen LogP contribution is -2.39. The second kappa shape index (κ2) is 6.72. The third-order valence-electron chi connectivity index (χ3n) is 3.13. The molecule has 0 saturated carbocycles. The minimum absolute atomic E-state index is 0.143. The van der Waals surface area contributed by atoms with Crippen LogP contribution in [-0.4, -0.2) is 26.9 Å². The van der Waals surface area contributed by atoms with Crippen LogP contribution in [0.5, 0.6) is 5.75 Å². The summed E-state index contributed by atoms with van der Waals surface area (Å²) < 4.78 is 7.65. The molecule has 1 aromatic carbocycles. The van der Waals surface area contributed by atoms with E-state index in [0.29, 0.717) is 11.4 Å². The normalized spacial score (nSPS) is 14.0. The van der Waals surface area contributed by atoms with Gasteiger partial charge in [0.2, 0.25) is 0 Å². The first-order chi connectivity index (χ1) is 9.60. The quantitative estimate of drug-likeness (QED) is 0.888. The summed E-state index contributed by atoms with van der Waals surface area (Å²) in [6, 6.07) is 7.14. The lowest BCUT2D eigenvalue weighted by atomic mass is 10.1. The molecule has 108 valence electrons. The lowest BCUT2D eigenvalue weighted by Gasteiger charge is -2.21. The van der Waals surface area contributed by atoms with Gasteiger partial charge in [0, 0.05) is 24.0 Å². The standard InChI is InChI=1S/C14H19ClN4O/c1-3-19-14(17-9-18-19)8-13(16)10(2)20-12-6-4-5-11(15)7-12/h4-7,9-10,13H,3,8,16H2,1-2H3. The summed E-state index contributed by atoms with van der Waals surface area (Å²) in [4.78, 5) is 4.23. The zero-order valence-corrected chi connectivity index (χ0v) is 12.4. The van der Waals surface area contributed by atoms with Gasteiger partial charge in [-0.25, -0.2) is 4.98 Å². The molecule has 0 aliphatic rings. The molecule has 0 aliphatic heterocycles. The van der Waals surface area contributed by atoms with Gasteiger partial charge in [0.1, 0.15) is 24.0 Å². The van der Waals surface area contributed by atoms with Crippen LogP contribution in [0.3, 0.4) is 0 Å². The Labute approximate surface area is 123 Å². The van der Waals surface area contributed by atoms with Crippen LogP contribution in [0.4, 0.5) is 0 Å². The predicted octanol–water partition coefficient (Wildman–Crippen LogP) is 2.29. The maximum absolute atomic E-state index is 6.18. The third kappa shape index (κ3) is 3.71. The van der Waals surface area contributed by atoms with Gasteiger partial charge >= 0.3 is 0 Å². The van der Waals surface area contributed by atoms with Crippen molar-refractivity contribution in [1.82, 2.24) is 14.8 Å². The average Bonchev–Trinajstić information content (AvgIpc) is 2.85. The van der Waals surface area contributed by atoms with Gasteiger partial charge in [-0.05, 0) is 32.0 Å². The number of nitrogens with zero attached hydrogens (tertiary/aromatic N) is 3. The van der Waals surface area contributed by atoms with Crippen molar-refractivity contribution in [1.29, 1.82) is 0 Å². The number of aromatic nitrogens is 3. The fraction of sp³-hybridized carbons (Fsp3) is 0.429. The van der Waals surface area contributed by atoms with E-state index in [1.54, 1.807) is 12.4 Å². The molecule has 6 heteroatoms. The van der Waals surface area contributed by atoms with Crippen LogP contribution in [0.2, 0.25) is 5.02 Å². The molecule has 2 rings (SSSR count). The molecule has 2 N–H and O–H groups in total. The third-order valence-corrected chi connectivity index (χ3v) is 3.37. The molecular weight excluding hydrogens is 276 g/mol. The Morgan fingerprint density at radius 2 is 2.25 bits per heavy atom. The SMILES string of the molecule is CCn1ncnc1CC(N)C(C)Oc1cccc(Cl)c1. The van der Waals surface area contributed by atoms with Gasteiger partial charge < -0.3 is 10.5 Å². The molecular formula is C14H19ClN4O. The van der Waals surface area contributed by atoms with Crippen LogP contribution in [-0.2, 0) is 13.0 Å². The van der Waals surface area contributed by atoms with Crippen molar-refractivity contribution in [2.24, 2.45) is 5.73 Å². The molecule has 2 unspecified atom stereocenters. The highest BCUT2D eigenvalue weighted by Crippen LogP contribution is 2.19. The van der Waals surface area contributed by atoms with Crippen molar-refractivity contribution >= 4 is 11.6 Å². The van der Waals surface area contributed by atoms with E-state index in [-0.39, 0.29) is 12.1 Å². The highest BCUT2D eigenvalue weighted by molar-refractivity contribution is 6.30. The summed E-state index contributed by atoms with van der Waals surface area (Å²) in [7, 11) is 0. The van der Waals surface area contributed by atoms with Gasteiger partial charge in [-0.1, -0.05) is 17.7 Å². The maximum atomic E-state index is 6.18. The summed E-state index contributed by atoms with van der Waals surface area (Å²) in [5.74, 6) is 1.60. The molecule has 0 saturated heterocycles. The van der Waals surface area contributed by atoms with Crippen LogP contribution < -0.4 is 10.5 Å². The largest absolute Gasteiger partial charge is 0.489 e. The van der Waals surface area contributed by atoms with Gasteiger partial charge in [-0.3, -0.25) is 4.68 Å². The van der Waals surface area contributed by atoms with E-state index in [0.717, 1.165) is 18.1 Å². The molecule has 2 atom stereocenters. The van der Waals surface area contributed by atoms with E-state index in [4.69, 9.17) is 22.1 Å². The number of hydrogen-bond acceptors (Lipinski definition) is 4. The molecule has 0 radical (unpaired) electrons. The average molecular weight is 295 g/mol. The Balaban J connectivity index is 1.97. The molecule has 5 nitrogen and oxygen atoms in total. The van der Waals surface area contributed by atoms with Gasteiger partial charge in [-0.2, -0.15) is 5.10 Å². The number of ether oxygens (including phenoxy) is 1. The summed E-state index contributed by atoms with van der Waals surface area (Å²) in [6.07, 6.45) is 2.03. The second-order valence-electron chi connectivity index (χ2n) is 4.64. The number of halogens is 1. The molecule has 0 aliphatic carbocycles. The number of aryl methyl sites for hydroxylation is 1. The van der Waals surface area contributed by atoms with Crippen LogP contribution in [0.1, 0.15) is 19.7 Å². The van der Waals surface area contributed by atoms with Crippen molar-refractivity contribution in [2.45, 2.75) is 39.0 Å². The zero-order valence-electron chi connectivity index (χ0n) is 11.7. The van der Waals surface area contributed by atoms with E-state index >= 15 is 0 Å². The fourth-order valence-corrected chi connectivity index (χ4v) is 2.11. The Bertz CT molecular complexity index is 558. The van der Waals surface area contributed by atoms with Crippen LogP contribution in [0, 0.1) is 0 Å². The van der Waals surface area contributed by atoms with Crippen molar-refractivity contribution in [2.75, 3.05) is 0 Å². The number of hydrogen-bond donors (Lipinski definition) is 1. The molecule has 0 spiro atoms. The van der Waals surface area contributed by atoms with E-state index in [1.807, 2.05) is 36.7 Å². The minimum atomic E-state index is -0.163. The van der Waals surface area contributed by atoms with E-state index in [9.17, 15) is 0 Å². The first-order valence-electron chi connectivity index (χ1n) is 6.64. The van der Waals surface area contributed by atoms with Crippen LogP contribution in [0.25, 0.3) is 0 Å². The minimum Gasteiger partial charge on any atom is -0.489 e. The first-order valence-corrected chi connectivity index (χ1v) is 7.02. The predicted molar refractivity (Wildman–Crippen MR) is 78.9 cm³/mol. The second-order valence-corrected chi connectivity index (χ2v) is 5.08. The van der Waals surface area contributed by atoms with Crippen molar-refractivity contribution in [3.05, 3.63) is 41.4 Å². The van der Waals surface area contributed by atoms with Gasteiger partial charge in [0.25, 0.3) is 0 Å². The Hall–Kier alpha value is -1.59. The monoisotopic (exact) mass is 294 g/mol. The van der Waals surface area contributed by atoms with E-state index in [2.05, 4.69) is 10.1 Å². The molecule has 0 amide bonds. The van der Waals surface area contributed by atoms with E-state index in [1.165, 1.54) is 0 Å². The maximum Gasteiger partial charge on any atom is 0.138 e. The summed E-state index contributed by atoms with van der Waals surface area (Å²) >= 11 is 5.93. The van der Waals surface area contributed by atoms with Gasteiger partial charge in [0.15, 0.2) is 0 Å². The summed E-state index contributed by atoms with van der Waals surface area (Å²) in [6.45, 7) is 4.75. The lowest BCUT2D eigenvalue weighted by molar-refractivity contribution is 0.187. The van der Waals surface area contributed by atoms with E-state index < -0.39 is 0 Å². The van der Waals surface area contributed by atoms with Crippen molar-refractivity contribution < 1.29 is 4.74 Å². The van der Waals surface area contributed by atoms with Crippen molar-refractivity contribution in [3.63, 3.8) is 0 Å². The Morgan fingerprint density at radius 3 is 2.95 bits per heavy atom. The van der Waals surface area contributed by atoms with Crippen LogP contribution in [0.15, 0.2) is 30.6 Å². The Kier molecular flexibility index (Phi) is 4.98. The molecule has 0 bridgehead atoms. The van der Waals surface area contributed by atoms with Crippen molar-refractivity contribution in [3.8, 4) is 5.75 Å². The summed E-state index contributed by atoms with van der Waals surface area (Å²) in [5.41, 5.74) is 6.18. The van der Waals surface area contributed by atoms with Crippen LogP contribution >= 0.6 is 11.6 Å². The topological polar surface area (TPSA) is 66.0 Å². The molecule has 1 heterocycles. The number of rotatable bonds is 6. The fourth-order valence-electron chi connectivity index (χ4n) is 1.93. The zero-order chi connectivity index (χ0) is 14.5. The highest BCUT2D eigenvalue weighted by Gasteiger charge is 2.18. The van der Waals surface area contributed by atoms with Gasteiger partial charge in [-0.15, -0.1) is 0 Å². The summed E-state index contributed by atoms with van der Waals surface area (Å²) in [5, 5.41) is 4.78. The smallest absolute Gasteiger partial charge is 0.138 e.